The zero-order chi connectivity index (χ0) is 24.6. The van der Waals surface area contributed by atoms with Gasteiger partial charge in [0.05, 0.1) is 6.61 Å². The summed E-state index contributed by atoms with van der Waals surface area (Å²) in [5.41, 5.74) is -1.48. The molecule has 0 saturated heterocycles. The van der Waals surface area contributed by atoms with Crippen LogP contribution in [0.4, 0.5) is 8.78 Å². The average Bonchev–Trinajstić information content (AvgIpc) is 2.73. The van der Waals surface area contributed by atoms with Crippen LogP contribution >= 0.6 is 11.6 Å². The van der Waals surface area contributed by atoms with E-state index in [-0.39, 0.29) is 53.1 Å². The molecule has 5 nitrogen and oxygen atoms in total. The largest absolute Gasteiger partial charge is 0.413 e. The normalized spacial score (nSPS) is 18.7. The Hall–Kier alpha value is -2.16. The topological polar surface area (TPSA) is 68.3 Å². The summed E-state index contributed by atoms with van der Waals surface area (Å²) in [4.78, 5) is 29.0. The minimum absolute atomic E-state index is 0.0235. The number of hydrogen-bond acceptors (Lipinski definition) is 4. The summed E-state index contributed by atoms with van der Waals surface area (Å²) >= 11 is 6.29. The highest BCUT2D eigenvalue weighted by molar-refractivity contribution is 6.74. The Morgan fingerprint density at radius 1 is 1.33 bits per heavy atom. The Kier molecular flexibility index (Phi) is 7.12. The van der Waals surface area contributed by atoms with E-state index in [1.165, 1.54) is 24.4 Å². The summed E-state index contributed by atoms with van der Waals surface area (Å²) in [7, 11) is -2.13. The van der Waals surface area contributed by atoms with E-state index in [1.807, 2.05) is 0 Å². The van der Waals surface area contributed by atoms with Gasteiger partial charge >= 0.3 is 0 Å². The first-order chi connectivity index (χ1) is 15.3. The van der Waals surface area contributed by atoms with Gasteiger partial charge in [-0.15, -0.1) is 0 Å². The summed E-state index contributed by atoms with van der Waals surface area (Å²) < 4.78 is 36.1. The molecular formula is C24H29ClF2N2O3Si. The van der Waals surface area contributed by atoms with E-state index in [0.717, 1.165) is 6.07 Å². The fourth-order valence-corrected chi connectivity index (χ4v) is 4.73. The molecule has 1 aromatic carbocycles. The summed E-state index contributed by atoms with van der Waals surface area (Å²) in [6.45, 7) is 10.5. The number of carbonyl (C=O) groups is 2. The van der Waals surface area contributed by atoms with Crippen molar-refractivity contribution in [3.05, 3.63) is 63.7 Å². The second-order valence-electron chi connectivity index (χ2n) is 9.88. The number of pyridine rings is 1. The standard InChI is InChI=1S/C24H29ClF2N2O3Si/c1-23(2,3)33(4,5)32-14-15-11-16(26)12-19(25)17(15)13-29-22(31)24(27)9-8-20(30)21-18(24)7-6-10-28-21/h6-7,10-12H,8-9,13-14H2,1-5H3,(H,29,31)/t24-/m0/s1. The molecule has 1 aromatic heterocycles. The van der Waals surface area contributed by atoms with Crippen molar-refractivity contribution in [2.75, 3.05) is 0 Å². The van der Waals surface area contributed by atoms with Crippen molar-refractivity contribution in [1.29, 1.82) is 0 Å². The van der Waals surface area contributed by atoms with Crippen LogP contribution < -0.4 is 5.32 Å². The third-order valence-corrected chi connectivity index (χ3v) is 11.4. The molecule has 0 aliphatic heterocycles. The van der Waals surface area contributed by atoms with Gasteiger partial charge in [0.25, 0.3) is 5.91 Å². The average molecular weight is 495 g/mol. The Morgan fingerprint density at radius 2 is 2.03 bits per heavy atom. The number of rotatable bonds is 6. The van der Waals surface area contributed by atoms with Crippen LogP contribution in [0.3, 0.4) is 0 Å². The fraction of sp³-hybridized carbons (Fsp3) is 0.458. The third-order valence-electron chi connectivity index (χ3n) is 6.63. The lowest BCUT2D eigenvalue weighted by atomic mass is 9.81. The fourth-order valence-electron chi connectivity index (χ4n) is 3.49. The molecule has 0 unspecified atom stereocenters. The molecule has 0 radical (unpaired) electrons. The maximum Gasteiger partial charge on any atom is 0.262 e. The number of alkyl halides is 1. The Bertz CT molecular complexity index is 1090. The number of nitrogens with zero attached hydrogens (tertiary/aromatic N) is 1. The first kappa shape index (κ1) is 25.5. The van der Waals surface area contributed by atoms with Gasteiger partial charge in [-0.1, -0.05) is 38.4 Å². The molecule has 0 bridgehead atoms. The lowest BCUT2D eigenvalue weighted by Crippen LogP contribution is -2.44. The Balaban J connectivity index is 1.82. The first-order valence-corrected chi connectivity index (χ1v) is 14.1. The number of nitrogens with one attached hydrogen (secondary N) is 1. The van der Waals surface area contributed by atoms with Gasteiger partial charge < -0.3 is 9.74 Å². The predicted octanol–water partition coefficient (Wildman–Crippen LogP) is 5.85. The van der Waals surface area contributed by atoms with Gasteiger partial charge in [0.1, 0.15) is 11.5 Å². The number of aromatic nitrogens is 1. The molecule has 2 aromatic rings. The van der Waals surface area contributed by atoms with E-state index < -0.39 is 25.7 Å². The van der Waals surface area contributed by atoms with Crippen LogP contribution in [0.2, 0.25) is 23.2 Å². The van der Waals surface area contributed by atoms with Gasteiger partial charge in [-0.25, -0.2) is 8.78 Å². The smallest absolute Gasteiger partial charge is 0.262 e. The van der Waals surface area contributed by atoms with Crippen molar-refractivity contribution in [3.63, 3.8) is 0 Å². The van der Waals surface area contributed by atoms with Crippen molar-refractivity contribution >= 4 is 31.6 Å². The third kappa shape index (κ3) is 5.18. The summed E-state index contributed by atoms with van der Waals surface area (Å²) in [6, 6.07) is 5.38. The summed E-state index contributed by atoms with van der Waals surface area (Å²) in [5.74, 6) is -1.70. The maximum atomic E-state index is 15.8. The van der Waals surface area contributed by atoms with Gasteiger partial charge in [0.2, 0.25) is 5.67 Å². The van der Waals surface area contributed by atoms with Crippen molar-refractivity contribution in [3.8, 4) is 0 Å². The van der Waals surface area contributed by atoms with E-state index in [4.69, 9.17) is 16.0 Å². The van der Waals surface area contributed by atoms with Crippen LogP contribution in [0.25, 0.3) is 0 Å². The van der Waals surface area contributed by atoms with Gasteiger partial charge in [-0.05, 0) is 47.5 Å². The monoisotopic (exact) mass is 494 g/mol. The molecule has 1 amide bonds. The van der Waals surface area contributed by atoms with Crippen molar-refractivity contribution in [1.82, 2.24) is 10.3 Å². The van der Waals surface area contributed by atoms with Gasteiger partial charge in [-0.2, -0.15) is 0 Å². The number of ketones is 1. The first-order valence-electron chi connectivity index (χ1n) is 10.8. The van der Waals surface area contributed by atoms with Crippen LogP contribution in [0.1, 0.15) is 60.8 Å². The molecule has 33 heavy (non-hydrogen) atoms. The molecule has 178 valence electrons. The second-order valence-corrected chi connectivity index (χ2v) is 15.1. The van der Waals surface area contributed by atoms with Crippen molar-refractivity contribution in [2.45, 2.75) is 70.6 Å². The highest BCUT2D eigenvalue weighted by atomic mass is 35.5. The molecule has 1 N–H and O–H groups in total. The van der Waals surface area contributed by atoms with E-state index in [1.54, 1.807) is 0 Å². The minimum Gasteiger partial charge on any atom is -0.413 e. The molecular weight excluding hydrogens is 466 g/mol. The number of Topliss-reactive ketones (excluding diaryl/α,β-unsaturated/α-hetero) is 1. The highest BCUT2D eigenvalue weighted by Gasteiger charge is 2.46. The molecule has 1 atom stereocenters. The maximum absolute atomic E-state index is 15.8. The molecule has 9 heteroatoms. The van der Waals surface area contributed by atoms with E-state index >= 15 is 4.39 Å². The zero-order valence-corrected chi connectivity index (χ0v) is 21.3. The van der Waals surface area contributed by atoms with Crippen LogP contribution in [-0.4, -0.2) is 25.0 Å². The summed E-state index contributed by atoms with van der Waals surface area (Å²) in [5, 5.41) is 2.67. The predicted molar refractivity (Wildman–Crippen MR) is 126 cm³/mol. The molecule has 3 rings (SSSR count). The molecule has 1 aliphatic carbocycles. The highest BCUT2D eigenvalue weighted by Crippen LogP contribution is 2.39. The number of halogens is 3. The number of amides is 1. The van der Waals surface area contributed by atoms with Crippen LogP contribution in [0.5, 0.6) is 0 Å². The quantitative estimate of drug-likeness (QED) is 0.511. The number of benzene rings is 1. The van der Waals surface area contributed by atoms with E-state index in [0.29, 0.717) is 11.1 Å². The van der Waals surface area contributed by atoms with Crippen LogP contribution in [0, 0.1) is 5.82 Å². The lowest BCUT2D eigenvalue weighted by Gasteiger charge is -2.36. The van der Waals surface area contributed by atoms with E-state index in [2.05, 4.69) is 44.2 Å². The summed E-state index contributed by atoms with van der Waals surface area (Å²) in [6.07, 6.45) is 1.01. The SMILES string of the molecule is CC(C)(C)[Si](C)(C)OCc1cc(F)cc(Cl)c1CNC(=O)[C@]1(F)CCC(=O)c2ncccc21. The molecule has 1 aliphatic rings. The van der Waals surface area contributed by atoms with Gasteiger partial charge in [0.15, 0.2) is 14.1 Å². The molecule has 1 heterocycles. The van der Waals surface area contributed by atoms with Crippen molar-refractivity contribution in [2.24, 2.45) is 0 Å². The van der Waals surface area contributed by atoms with Crippen LogP contribution in [-0.2, 0) is 28.0 Å². The zero-order valence-electron chi connectivity index (χ0n) is 19.5. The van der Waals surface area contributed by atoms with Crippen LogP contribution in [0.15, 0.2) is 30.5 Å². The Morgan fingerprint density at radius 3 is 2.70 bits per heavy atom. The number of fused-ring (bicyclic) bond motifs is 1. The number of hydrogen-bond donors (Lipinski definition) is 1. The lowest BCUT2D eigenvalue weighted by molar-refractivity contribution is -0.134. The molecule has 0 spiro atoms. The Labute approximate surface area is 199 Å². The van der Waals surface area contributed by atoms with Crippen molar-refractivity contribution < 1.29 is 22.8 Å². The minimum atomic E-state index is -2.39. The molecule has 0 saturated carbocycles. The van der Waals surface area contributed by atoms with Gasteiger partial charge in [-0.3, -0.25) is 14.6 Å². The van der Waals surface area contributed by atoms with E-state index in [9.17, 15) is 14.0 Å². The second kappa shape index (κ2) is 9.23. The van der Waals surface area contributed by atoms with Gasteiger partial charge in [0, 0.05) is 36.2 Å². The number of carbonyl (C=O) groups excluding carboxylic acids is 2. The molecule has 0 fully saturated rings.